The minimum absolute atomic E-state index is 0.322. The average Bonchev–Trinajstić information content (AvgIpc) is 2.73. The molecule has 140 valence electrons. The first-order chi connectivity index (χ1) is 13.7. The molecule has 0 aliphatic rings. The number of aryl methyl sites for hydroxylation is 2. The van der Waals surface area contributed by atoms with Crippen molar-refractivity contribution in [1.29, 1.82) is 0 Å². The lowest BCUT2D eigenvalue weighted by Gasteiger charge is -2.12. The lowest BCUT2D eigenvalue weighted by atomic mass is 9.98. The molecule has 1 aromatic heterocycles. The Morgan fingerprint density at radius 3 is 2.32 bits per heavy atom. The molecule has 3 nitrogen and oxygen atoms in total. The summed E-state index contributed by atoms with van der Waals surface area (Å²) in [6, 6.07) is 26.2. The van der Waals surface area contributed by atoms with E-state index < -0.39 is 0 Å². The lowest BCUT2D eigenvalue weighted by molar-refractivity contribution is 0.890. The highest BCUT2D eigenvalue weighted by Crippen LogP contribution is 2.28. The monoisotopic (exact) mass is 367 g/mol. The normalized spacial score (nSPS) is 11.1. The molecule has 0 aliphatic heterocycles. The van der Waals surface area contributed by atoms with Crippen LogP contribution >= 0.6 is 0 Å². The van der Waals surface area contributed by atoms with Gasteiger partial charge in [-0.3, -0.25) is 0 Å². The third kappa shape index (κ3) is 4.20. The minimum atomic E-state index is 0.322. The highest BCUT2D eigenvalue weighted by molar-refractivity contribution is 5.92. The van der Waals surface area contributed by atoms with Crippen molar-refractivity contribution in [2.24, 2.45) is 0 Å². The van der Waals surface area contributed by atoms with Crippen LogP contribution in [0.2, 0.25) is 0 Å². The van der Waals surface area contributed by atoms with Crippen molar-refractivity contribution in [3.05, 3.63) is 90.3 Å². The van der Waals surface area contributed by atoms with Crippen molar-refractivity contribution in [3.8, 4) is 11.1 Å². The van der Waals surface area contributed by atoms with Crippen molar-refractivity contribution in [2.75, 3.05) is 5.32 Å². The first kappa shape index (κ1) is 18.2. The summed E-state index contributed by atoms with van der Waals surface area (Å²) in [4.78, 5) is 8.85. The Bertz CT molecular complexity index is 1070. The highest BCUT2D eigenvalue weighted by Gasteiger charge is 2.08. The van der Waals surface area contributed by atoms with Crippen LogP contribution in [0.1, 0.15) is 25.0 Å². The average molecular weight is 367 g/mol. The van der Waals surface area contributed by atoms with Crippen molar-refractivity contribution in [3.63, 3.8) is 0 Å². The van der Waals surface area contributed by atoms with Gasteiger partial charge in [-0.1, -0.05) is 60.7 Å². The second-order valence-electron chi connectivity index (χ2n) is 7.44. The number of rotatable bonds is 6. The second-order valence-corrected chi connectivity index (χ2v) is 7.44. The van der Waals surface area contributed by atoms with Gasteiger partial charge in [0.1, 0.15) is 12.1 Å². The maximum atomic E-state index is 4.44. The van der Waals surface area contributed by atoms with Crippen LogP contribution in [-0.4, -0.2) is 16.0 Å². The molecule has 0 bridgehead atoms. The zero-order chi connectivity index (χ0) is 19.3. The predicted molar refractivity (Wildman–Crippen MR) is 118 cm³/mol. The molecule has 4 rings (SSSR count). The number of aromatic nitrogens is 2. The van der Waals surface area contributed by atoms with Gasteiger partial charge in [0, 0.05) is 11.4 Å². The molecular weight excluding hydrogens is 342 g/mol. The topological polar surface area (TPSA) is 37.8 Å². The Morgan fingerprint density at radius 1 is 0.750 bits per heavy atom. The fraction of sp³-hybridized carbons (Fsp3) is 0.200. The molecule has 0 saturated carbocycles. The summed E-state index contributed by atoms with van der Waals surface area (Å²) in [5, 5.41) is 4.48. The van der Waals surface area contributed by atoms with Gasteiger partial charge in [0.25, 0.3) is 0 Å². The molecule has 3 heteroatoms. The van der Waals surface area contributed by atoms with Gasteiger partial charge in [0.05, 0.1) is 5.52 Å². The van der Waals surface area contributed by atoms with Crippen LogP contribution in [0.25, 0.3) is 22.0 Å². The molecule has 0 spiro atoms. The third-order valence-corrected chi connectivity index (χ3v) is 4.87. The van der Waals surface area contributed by atoms with Gasteiger partial charge in [-0.2, -0.15) is 0 Å². The molecule has 28 heavy (non-hydrogen) atoms. The van der Waals surface area contributed by atoms with Crippen molar-refractivity contribution < 1.29 is 0 Å². The van der Waals surface area contributed by atoms with E-state index in [-0.39, 0.29) is 0 Å². The van der Waals surface area contributed by atoms with E-state index in [1.54, 1.807) is 6.33 Å². The standard InChI is InChI=1S/C25H25N3/c1-18(2)28-25-23-16-22(13-14-24(23)26-17-27-25)21-10-6-9-20(15-21)12-11-19-7-4-3-5-8-19/h3-10,13-18H,11-12H2,1-2H3,(H,26,27,28). The number of benzene rings is 3. The number of hydrogen-bond donors (Lipinski definition) is 1. The molecule has 0 amide bonds. The maximum absolute atomic E-state index is 4.44. The first-order valence-electron chi connectivity index (χ1n) is 9.83. The van der Waals surface area contributed by atoms with Crippen molar-refractivity contribution in [1.82, 2.24) is 9.97 Å². The summed E-state index contributed by atoms with van der Waals surface area (Å²) in [6.07, 6.45) is 3.71. The molecule has 1 N–H and O–H groups in total. The van der Waals surface area contributed by atoms with E-state index in [9.17, 15) is 0 Å². The zero-order valence-electron chi connectivity index (χ0n) is 16.4. The van der Waals surface area contributed by atoms with E-state index in [4.69, 9.17) is 0 Å². The summed E-state index contributed by atoms with van der Waals surface area (Å²) in [5.74, 6) is 0.891. The fourth-order valence-electron chi connectivity index (χ4n) is 3.46. The predicted octanol–water partition coefficient (Wildman–Crippen LogP) is 5.90. The molecule has 0 unspecified atom stereocenters. The molecule has 4 aromatic rings. The van der Waals surface area contributed by atoms with Gasteiger partial charge in [0.2, 0.25) is 0 Å². The summed E-state index contributed by atoms with van der Waals surface area (Å²) < 4.78 is 0. The van der Waals surface area contributed by atoms with E-state index in [1.807, 2.05) is 0 Å². The number of anilines is 1. The lowest BCUT2D eigenvalue weighted by Crippen LogP contribution is -2.11. The summed E-state index contributed by atoms with van der Waals surface area (Å²) in [5.41, 5.74) is 6.11. The first-order valence-corrected chi connectivity index (χ1v) is 9.83. The second kappa shape index (κ2) is 8.22. The number of nitrogens with zero attached hydrogens (tertiary/aromatic N) is 2. The molecule has 0 fully saturated rings. The molecule has 0 radical (unpaired) electrons. The van der Waals surface area contributed by atoms with Crippen LogP contribution < -0.4 is 5.32 Å². The van der Waals surface area contributed by atoms with E-state index in [0.717, 1.165) is 29.6 Å². The van der Waals surface area contributed by atoms with Gasteiger partial charge in [-0.05, 0) is 61.1 Å². The smallest absolute Gasteiger partial charge is 0.137 e. The van der Waals surface area contributed by atoms with E-state index in [1.165, 1.54) is 22.3 Å². The molecule has 0 atom stereocenters. The van der Waals surface area contributed by atoms with Crippen LogP contribution in [-0.2, 0) is 12.8 Å². The Hall–Kier alpha value is -3.20. The van der Waals surface area contributed by atoms with Gasteiger partial charge >= 0.3 is 0 Å². The highest BCUT2D eigenvalue weighted by atomic mass is 15.0. The number of fused-ring (bicyclic) bond motifs is 1. The molecule has 1 heterocycles. The van der Waals surface area contributed by atoms with Crippen molar-refractivity contribution >= 4 is 16.7 Å². The van der Waals surface area contributed by atoms with Gasteiger partial charge in [-0.25, -0.2) is 9.97 Å². The summed E-state index contributed by atoms with van der Waals surface area (Å²) in [6.45, 7) is 4.24. The largest absolute Gasteiger partial charge is 0.367 e. The van der Waals surface area contributed by atoms with Gasteiger partial charge < -0.3 is 5.32 Å². The summed E-state index contributed by atoms with van der Waals surface area (Å²) in [7, 11) is 0. The Kier molecular flexibility index (Phi) is 5.34. The Labute approximate surface area is 166 Å². The Balaban J connectivity index is 1.62. The maximum Gasteiger partial charge on any atom is 0.137 e. The van der Waals surface area contributed by atoms with Gasteiger partial charge in [-0.15, -0.1) is 0 Å². The third-order valence-electron chi connectivity index (χ3n) is 4.87. The van der Waals surface area contributed by atoms with Gasteiger partial charge in [0.15, 0.2) is 0 Å². The fourth-order valence-corrected chi connectivity index (χ4v) is 3.46. The zero-order valence-corrected chi connectivity index (χ0v) is 16.4. The van der Waals surface area contributed by atoms with Crippen LogP contribution in [0.3, 0.4) is 0 Å². The SMILES string of the molecule is CC(C)Nc1ncnc2ccc(-c3cccc(CCc4ccccc4)c3)cc12. The van der Waals surface area contributed by atoms with E-state index >= 15 is 0 Å². The Morgan fingerprint density at radius 2 is 1.50 bits per heavy atom. The van der Waals surface area contributed by atoms with Crippen LogP contribution in [0.5, 0.6) is 0 Å². The molecule has 0 saturated heterocycles. The molecular formula is C25H25N3. The number of nitrogens with one attached hydrogen (secondary N) is 1. The van der Waals surface area contributed by atoms with Crippen LogP contribution in [0, 0.1) is 0 Å². The molecule has 3 aromatic carbocycles. The van der Waals surface area contributed by atoms with Crippen LogP contribution in [0.15, 0.2) is 79.1 Å². The minimum Gasteiger partial charge on any atom is -0.367 e. The van der Waals surface area contributed by atoms with Crippen molar-refractivity contribution in [2.45, 2.75) is 32.7 Å². The quantitative estimate of drug-likeness (QED) is 0.461. The van der Waals surface area contributed by atoms with Crippen LogP contribution in [0.4, 0.5) is 5.82 Å². The summed E-state index contributed by atoms with van der Waals surface area (Å²) >= 11 is 0. The molecule has 0 aliphatic carbocycles. The number of hydrogen-bond acceptors (Lipinski definition) is 3. The van der Waals surface area contributed by atoms with E-state index in [0.29, 0.717) is 6.04 Å². The van der Waals surface area contributed by atoms with E-state index in [2.05, 4.69) is 102 Å².